The van der Waals surface area contributed by atoms with Crippen molar-refractivity contribution in [3.05, 3.63) is 39.9 Å². The maximum Gasteiger partial charge on any atom is 0.407 e. The third-order valence-electron chi connectivity index (χ3n) is 4.57. The minimum atomic E-state index is -0.904. The first-order valence-electron chi connectivity index (χ1n) is 7.37. The molecule has 1 aromatic rings. The zero-order valence-corrected chi connectivity index (χ0v) is 12.3. The molecule has 8 nitrogen and oxygen atoms in total. The molecule has 23 heavy (non-hydrogen) atoms. The maximum absolute atomic E-state index is 12.1. The van der Waals surface area contributed by atoms with Crippen molar-refractivity contribution in [1.82, 2.24) is 4.90 Å². The van der Waals surface area contributed by atoms with Gasteiger partial charge in [-0.2, -0.15) is 0 Å². The standard InChI is InChI=1S/C15H16N2O6/c18-14(9-1-3-12(4-2-9)17(21)22)23-13-5-10-7-16(15(19)20)8-11(10)6-13/h1-4,10-11,13H,5-8H2,(H,19,20). The number of likely N-dealkylation sites (tertiary alicyclic amines) is 1. The van der Waals surface area contributed by atoms with E-state index >= 15 is 0 Å². The third kappa shape index (κ3) is 3.10. The molecule has 1 amide bonds. The predicted octanol–water partition coefficient (Wildman–Crippen LogP) is 2.14. The highest BCUT2D eigenvalue weighted by Gasteiger charge is 2.43. The first kappa shape index (κ1) is 15.3. The van der Waals surface area contributed by atoms with E-state index in [-0.39, 0.29) is 29.2 Å². The van der Waals surface area contributed by atoms with Crippen LogP contribution < -0.4 is 0 Å². The summed E-state index contributed by atoms with van der Waals surface area (Å²) < 4.78 is 5.46. The summed E-state index contributed by atoms with van der Waals surface area (Å²) in [7, 11) is 0. The second-order valence-electron chi connectivity index (χ2n) is 6.01. The minimum absolute atomic E-state index is 0.0780. The molecule has 3 rings (SSSR count). The Hall–Kier alpha value is -2.64. The van der Waals surface area contributed by atoms with Crippen LogP contribution in [0.5, 0.6) is 0 Å². The van der Waals surface area contributed by atoms with Gasteiger partial charge < -0.3 is 14.7 Å². The maximum atomic E-state index is 12.1. The van der Waals surface area contributed by atoms with Crippen LogP contribution in [0.25, 0.3) is 0 Å². The van der Waals surface area contributed by atoms with E-state index in [1.54, 1.807) is 0 Å². The lowest BCUT2D eigenvalue weighted by Gasteiger charge is -2.16. The molecule has 0 aromatic heterocycles. The third-order valence-corrected chi connectivity index (χ3v) is 4.57. The number of fused-ring (bicyclic) bond motifs is 1. The molecule has 2 fully saturated rings. The lowest BCUT2D eigenvalue weighted by molar-refractivity contribution is -0.384. The molecule has 1 aliphatic heterocycles. The molecule has 0 radical (unpaired) electrons. The first-order chi connectivity index (χ1) is 10.9. The van der Waals surface area contributed by atoms with Gasteiger partial charge in [0.2, 0.25) is 0 Å². The fourth-order valence-corrected chi connectivity index (χ4v) is 3.44. The lowest BCUT2D eigenvalue weighted by atomic mass is 10.0. The molecule has 1 aliphatic carbocycles. The Morgan fingerprint density at radius 1 is 1.17 bits per heavy atom. The van der Waals surface area contributed by atoms with E-state index in [1.807, 2.05) is 0 Å². The number of carboxylic acid groups (broad SMARTS) is 1. The molecule has 2 atom stereocenters. The van der Waals surface area contributed by atoms with Crippen molar-refractivity contribution in [2.24, 2.45) is 11.8 Å². The number of hydrogen-bond donors (Lipinski definition) is 1. The monoisotopic (exact) mass is 320 g/mol. The molecule has 1 saturated carbocycles. The topological polar surface area (TPSA) is 110 Å². The van der Waals surface area contributed by atoms with Crippen molar-refractivity contribution in [2.75, 3.05) is 13.1 Å². The molecule has 1 heterocycles. The summed E-state index contributed by atoms with van der Waals surface area (Å²) in [5, 5.41) is 19.6. The molecular weight excluding hydrogens is 304 g/mol. The van der Waals surface area contributed by atoms with Crippen molar-refractivity contribution >= 4 is 17.7 Å². The van der Waals surface area contributed by atoms with Gasteiger partial charge in [0.1, 0.15) is 6.10 Å². The van der Waals surface area contributed by atoms with Gasteiger partial charge in [0, 0.05) is 25.2 Å². The summed E-state index contributed by atoms with van der Waals surface area (Å²) in [4.78, 5) is 34.5. The minimum Gasteiger partial charge on any atom is -0.465 e. The summed E-state index contributed by atoms with van der Waals surface area (Å²) >= 11 is 0. The highest BCUT2D eigenvalue weighted by molar-refractivity contribution is 5.89. The highest BCUT2D eigenvalue weighted by Crippen LogP contribution is 2.39. The lowest BCUT2D eigenvalue weighted by Crippen LogP contribution is -2.29. The van der Waals surface area contributed by atoms with Gasteiger partial charge in [-0.25, -0.2) is 9.59 Å². The number of carbonyl (C=O) groups excluding carboxylic acids is 1. The van der Waals surface area contributed by atoms with Crippen molar-refractivity contribution in [1.29, 1.82) is 0 Å². The Labute approximate surface area is 131 Å². The van der Waals surface area contributed by atoms with E-state index in [4.69, 9.17) is 9.84 Å². The van der Waals surface area contributed by atoms with Gasteiger partial charge >= 0.3 is 12.1 Å². The largest absolute Gasteiger partial charge is 0.465 e. The molecule has 1 N–H and O–H groups in total. The fraction of sp³-hybridized carbons (Fsp3) is 0.467. The van der Waals surface area contributed by atoms with Gasteiger partial charge in [0.15, 0.2) is 0 Å². The predicted molar refractivity (Wildman–Crippen MR) is 78.1 cm³/mol. The van der Waals surface area contributed by atoms with Crippen molar-refractivity contribution < 1.29 is 24.4 Å². The number of benzene rings is 1. The molecule has 2 aliphatic rings. The molecule has 122 valence electrons. The Morgan fingerprint density at radius 3 is 2.22 bits per heavy atom. The Bertz CT molecular complexity index is 630. The Morgan fingerprint density at radius 2 is 1.74 bits per heavy atom. The van der Waals surface area contributed by atoms with Gasteiger partial charge in [-0.3, -0.25) is 10.1 Å². The van der Waals surface area contributed by atoms with Crippen molar-refractivity contribution in [3.8, 4) is 0 Å². The number of hydrogen-bond acceptors (Lipinski definition) is 5. The van der Waals surface area contributed by atoms with E-state index < -0.39 is 17.0 Å². The molecular formula is C15H16N2O6. The quantitative estimate of drug-likeness (QED) is 0.519. The van der Waals surface area contributed by atoms with Gasteiger partial charge in [0.05, 0.1) is 10.5 Å². The summed E-state index contributed by atoms with van der Waals surface area (Å²) in [5.41, 5.74) is 0.200. The number of nitro groups is 1. The van der Waals surface area contributed by atoms with Gasteiger partial charge in [-0.1, -0.05) is 0 Å². The summed E-state index contributed by atoms with van der Waals surface area (Å²) in [6.07, 6.45) is 0.197. The Balaban J connectivity index is 1.56. The number of amides is 1. The Kier molecular flexibility index (Phi) is 3.89. The van der Waals surface area contributed by atoms with E-state index in [0.29, 0.717) is 25.9 Å². The summed E-state index contributed by atoms with van der Waals surface area (Å²) in [5.74, 6) is -0.0264. The average molecular weight is 320 g/mol. The van der Waals surface area contributed by atoms with E-state index in [9.17, 15) is 19.7 Å². The second kappa shape index (κ2) is 5.86. The van der Waals surface area contributed by atoms with Crippen LogP contribution in [0.3, 0.4) is 0 Å². The van der Waals surface area contributed by atoms with Gasteiger partial charge in [0.25, 0.3) is 5.69 Å². The van der Waals surface area contributed by atoms with Crippen molar-refractivity contribution in [3.63, 3.8) is 0 Å². The SMILES string of the molecule is O=C(OC1CC2CN(C(=O)O)CC2C1)c1ccc([N+](=O)[O-])cc1. The number of nitro benzene ring substituents is 1. The van der Waals surface area contributed by atoms with Crippen LogP contribution in [0.1, 0.15) is 23.2 Å². The summed E-state index contributed by atoms with van der Waals surface area (Å²) in [6, 6.07) is 5.29. The number of rotatable bonds is 3. The molecule has 2 unspecified atom stereocenters. The number of esters is 1. The van der Waals surface area contributed by atoms with E-state index in [1.165, 1.54) is 29.2 Å². The van der Waals surface area contributed by atoms with Crippen molar-refractivity contribution in [2.45, 2.75) is 18.9 Å². The zero-order valence-electron chi connectivity index (χ0n) is 12.3. The van der Waals surface area contributed by atoms with Gasteiger partial charge in [-0.15, -0.1) is 0 Å². The second-order valence-corrected chi connectivity index (χ2v) is 6.01. The molecule has 8 heteroatoms. The van der Waals surface area contributed by atoms with Crippen LogP contribution in [0, 0.1) is 22.0 Å². The molecule has 1 saturated heterocycles. The molecule has 1 aromatic carbocycles. The number of ether oxygens (including phenoxy) is 1. The average Bonchev–Trinajstić information content (AvgIpc) is 3.05. The smallest absolute Gasteiger partial charge is 0.407 e. The highest BCUT2D eigenvalue weighted by atomic mass is 16.6. The van der Waals surface area contributed by atoms with Crippen LogP contribution in [-0.2, 0) is 4.74 Å². The molecule has 0 spiro atoms. The van der Waals surface area contributed by atoms with Crippen LogP contribution in [0.15, 0.2) is 24.3 Å². The van der Waals surface area contributed by atoms with Crippen LogP contribution in [0.2, 0.25) is 0 Å². The van der Waals surface area contributed by atoms with Crippen LogP contribution >= 0.6 is 0 Å². The van der Waals surface area contributed by atoms with E-state index in [2.05, 4.69) is 0 Å². The molecule has 0 bridgehead atoms. The number of nitrogens with zero attached hydrogens (tertiary/aromatic N) is 2. The van der Waals surface area contributed by atoms with Gasteiger partial charge in [-0.05, 0) is 36.8 Å². The number of non-ortho nitro benzene ring substituents is 1. The van der Waals surface area contributed by atoms with Crippen LogP contribution in [0.4, 0.5) is 10.5 Å². The zero-order chi connectivity index (χ0) is 16.6. The normalized spacial score (nSPS) is 25.9. The number of carbonyl (C=O) groups is 2. The summed E-state index contributed by atoms with van der Waals surface area (Å²) in [6.45, 7) is 0.983. The van der Waals surface area contributed by atoms with E-state index in [0.717, 1.165) is 0 Å². The van der Waals surface area contributed by atoms with Crippen LogP contribution in [-0.4, -0.2) is 46.2 Å². The first-order valence-corrected chi connectivity index (χ1v) is 7.37. The fourth-order valence-electron chi connectivity index (χ4n) is 3.44.